The zero-order chi connectivity index (χ0) is 23.0. The van der Waals surface area contributed by atoms with Gasteiger partial charge in [0.25, 0.3) is 5.91 Å². The lowest BCUT2D eigenvalue weighted by molar-refractivity contribution is -0.161. The van der Waals surface area contributed by atoms with Crippen LogP contribution in [0.2, 0.25) is 0 Å². The van der Waals surface area contributed by atoms with E-state index in [1.165, 1.54) is 25.1 Å². The highest BCUT2D eigenvalue weighted by molar-refractivity contribution is 6.51. The molecule has 10 heteroatoms. The molecule has 0 radical (unpaired) electrons. The quantitative estimate of drug-likeness (QED) is 0.276. The van der Waals surface area contributed by atoms with Crippen LogP contribution in [0.1, 0.15) is 22.3 Å². The van der Waals surface area contributed by atoms with Crippen LogP contribution in [0.4, 0.5) is 0 Å². The number of benzene rings is 1. The van der Waals surface area contributed by atoms with Crippen LogP contribution in [0.5, 0.6) is 5.75 Å². The van der Waals surface area contributed by atoms with Gasteiger partial charge in [-0.1, -0.05) is 12.1 Å². The summed E-state index contributed by atoms with van der Waals surface area (Å²) in [6.45, 7) is 0. The van der Waals surface area contributed by atoms with E-state index in [4.69, 9.17) is 17.3 Å². The van der Waals surface area contributed by atoms with E-state index in [2.05, 4.69) is 0 Å². The van der Waals surface area contributed by atoms with Crippen molar-refractivity contribution in [2.75, 3.05) is 14.1 Å². The van der Waals surface area contributed by atoms with Crippen molar-refractivity contribution in [3.8, 4) is 5.75 Å². The lowest BCUT2D eigenvalue weighted by Gasteiger charge is -2.54. The van der Waals surface area contributed by atoms with Crippen molar-refractivity contribution in [2.24, 2.45) is 17.6 Å². The van der Waals surface area contributed by atoms with Crippen molar-refractivity contribution in [2.45, 2.75) is 29.4 Å². The topological polar surface area (TPSA) is 158 Å². The molecule has 1 aromatic rings. The average molecular weight is 449 g/mol. The highest BCUT2D eigenvalue weighted by Gasteiger charge is 2.71. The lowest BCUT2D eigenvalue weighted by Crippen LogP contribution is -2.72. The second kappa shape index (κ2) is 6.62. The molecule has 5 atom stereocenters. The smallest absolute Gasteiger partial charge is 0.255 e. The van der Waals surface area contributed by atoms with Gasteiger partial charge in [0.15, 0.2) is 22.0 Å². The van der Waals surface area contributed by atoms with Gasteiger partial charge in [-0.25, -0.2) is 0 Å². The molecule has 0 heterocycles. The summed E-state index contributed by atoms with van der Waals surface area (Å²) in [7, 11) is 3.05. The van der Waals surface area contributed by atoms with Crippen LogP contribution in [-0.4, -0.2) is 74.1 Å². The average Bonchev–Trinajstić information content (AvgIpc) is 2.67. The zero-order valence-electron chi connectivity index (χ0n) is 16.8. The van der Waals surface area contributed by atoms with Gasteiger partial charge >= 0.3 is 0 Å². The Morgan fingerprint density at radius 3 is 2.45 bits per heavy atom. The molecule has 164 valence electrons. The number of aliphatic hydroxyl groups excluding tert-OH is 1. The van der Waals surface area contributed by atoms with E-state index in [-0.39, 0.29) is 24.2 Å². The molecule has 1 saturated carbocycles. The number of aliphatic hydroxyl groups is 2. The van der Waals surface area contributed by atoms with Gasteiger partial charge in [0, 0.05) is 5.92 Å². The number of carbonyl (C=O) groups is 4. The van der Waals surface area contributed by atoms with Crippen molar-refractivity contribution < 1.29 is 34.5 Å². The third-order valence-electron chi connectivity index (χ3n) is 6.76. The molecule has 3 aliphatic carbocycles. The number of rotatable bonds is 2. The van der Waals surface area contributed by atoms with Crippen LogP contribution < -0.4 is 5.73 Å². The van der Waals surface area contributed by atoms with E-state index in [9.17, 15) is 34.5 Å². The largest absolute Gasteiger partial charge is 0.508 e. The van der Waals surface area contributed by atoms with Crippen molar-refractivity contribution >= 4 is 34.9 Å². The normalized spacial score (nSPS) is 35.0. The molecular formula is C21H21ClN2O7. The Morgan fingerprint density at radius 2 is 1.87 bits per heavy atom. The molecule has 0 aromatic heterocycles. The summed E-state index contributed by atoms with van der Waals surface area (Å²) in [6, 6.07) is 3.32. The Hall–Kier alpha value is -2.75. The maximum absolute atomic E-state index is 13.7. The number of likely N-dealkylation sites (N-methyl/N-ethyl adjacent to an activating group) is 1. The molecule has 31 heavy (non-hydrogen) atoms. The van der Waals surface area contributed by atoms with Crippen LogP contribution in [0.25, 0.3) is 0 Å². The Morgan fingerprint density at radius 1 is 1.23 bits per heavy atom. The molecule has 1 unspecified atom stereocenters. The number of halogens is 1. The highest BCUT2D eigenvalue weighted by Crippen LogP contribution is 2.55. The summed E-state index contributed by atoms with van der Waals surface area (Å²) in [6.07, 6.45) is 0.0655. The summed E-state index contributed by atoms with van der Waals surface area (Å²) in [5, 5.41) is 32.4. The SMILES string of the molecule is CN(C)[C@@H]1C(=O)C(C(N)=O)=C(O)[C@@]2(O)C(=O)C3(Cl)C(=O)c4c(O)cccc4C[C@H]3C[C@@H]12. The maximum atomic E-state index is 13.7. The molecule has 9 nitrogen and oxygen atoms in total. The molecule has 1 aromatic carbocycles. The Balaban J connectivity index is 1.97. The van der Waals surface area contributed by atoms with Gasteiger partial charge in [-0.15, -0.1) is 11.6 Å². The number of alkyl halides is 1. The summed E-state index contributed by atoms with van der Waals surface area (Å²) < 4.78 is 0. The van der Waals surface area contributed by atoms with Gasteiger partial charge in [0.2, 0.25) is 5.78 Å². The fourth-order valence-electron chi connectivity index (χ4n) is 5.36. The number of aromatic hydroxyl groups is 1. The Kier molecular flexibility index (Phi) is 4.59. The fraction of sp³-hybridized carbons (Fsp3) is 0.429. The van der Waals surface area contributed by atoms with E-state index in [1.54, 1.807) is 12.1 Å². The molecule has 1 fully saturated rings. The van der Waals surface area contributed by atoms with E-state index in [1.807, 2.05) is 0 Å². The summed E-state index contributed by atoms with van der Waals surface area (Å²) in [5.41, 5.74) is 1.96. The van der Waals surface area contributed by atoms with Crippen LogP contribution >= 0.6 is 11.6 Å². The number of amides is 1. The molecule has 4 rings (SSSR count). The molecule has 0 saturated heterocycles. The lowest BCUT2D eigenvalue weighted by atomic mass is 9.54. The first kappa shape index (κ1) is 21.5. The minimum atomic E-state index is -2.77. The second-order valence-corrected chi connectivity index (χ2v) is 9.15. The van der Waals surface area contributed by atoms with E-state index in [0.717, 1.165) is 0 Å². The molecule has 1 amide bonds. The fourth-order valence-corrected chi connectivity index (χ4v) is 5.76. The molecule has 5 N–H and O–H groups in total. The predicted molar refractivity (Wildman–Crippen MR) is 108 cm³/mol. The van der Waals surface area contributed by atoms with Gasteiger partial charge in [0.1, 0.15) is 17.1 Å². The maximum Gasteiger partial charge on any atom is 0.255 e. The van der Waals surface area contributed by atoms with Crippen LogP contribution in [0.15, 0.2) is 29.5 Å². The summed E-state index contributed by atoms with van der Waals surface area (Å²) in [5.74, 6) is -7.80. The van der Waals surface area contributed by atoms with Crippen LogP contribution in [0, 0.1) is 11.8 Å². The molecule has 0 spiro atoms. The Labute approximate surface area is 182 Å². The van der Waals surface area contributed by atoms with Gasteiger partial charge in [-0.3, -0.25) is 24.1 Å². The van der Waals surface area contributed by atoms with Gasteiger partial charge < -0.3 is 21.1 Å². The zero-order valence-corrected chi connectivity index (χ0v) is 17.5. The number of hydrogen-bond acceptors (Lipinski definition) is 8. The number of ketones is 3. The van der Waals surface area contributed by atoms with Crippen molar-refractivity contribution in [1.29, 1.82) is 0 Å². The molecule has 0 aliphatic heterocycles. The first-order chi connectivity index (χ1) is 14.4. The minimum absolute atomic E-state index is 0.0722. The van der Waals surface area contributed by atoms with Crippen molar-refractivity contribution in [3.63, 3.8) is 0 Å². The van der Waals surface area contributed by atoms with E-state index >= 15 is 0 Å². The number of nitrogens with two attached hydrogens (primary N) is 1. The number of carbonyl (C=O) groups excluding carboxylic acids is 4. The number of nitrogens with zero attached hydrogens (tertiary/aromatic N) is 1. The van der Waals surface area contributed by atoms with Gasteiger partial charge in [-0.2, -0.15) is 0 Å². The highest BCUT2D eigenvalue weighted by atomic mass is 35.5. The first-order valence-corrected chi connectivity index (χ1v) is 10.0. The van der Waals surface area contributed by atoms with Crippen molar-refractivity contribution in [3.05, 3.63) is 40.7 Å². The Bertz CT molecular complexity index is 1100. The number of primary amides is 1. The molecule has 0 bridgehead atoms. The van der Waals surface area contributed by atoms with Gasteiger partial charge in [-0.05, 0) is 44.5 Å². The third kappa shape index (κ3) is 2.51. The third-order valence-corrected chi connectivity index (χ3v) is 7.42. The van der Waals surface area contributed by atoms with E-state index < -0.39 is 62.9 Å². The number of phenolic OH excluding ortho intramolecular Hbond substituents is 1. The number of Topliss-reactive ketones (excluding diaryl/α,β-unsaturated/α-hetero) is 3. The second-order valence-electron chi connectivity index (χ2n) is 8.55. The minimum Gasteiger partial charge on any atom is -0.508 e. The van der Waals surface area contributed by atoms with Crippen LogP contribution in [-0.2, 0) is 20.8 Å². The molecular weight excluding hydrogens is 428 g/mol. The number of hydrogen-bond donors (Lipinski definition) is 4. The monoisotopic (exact) mass is 448 g/mol. The van der Waals surface area contributed by atoms with E-state index in [0.29, 0.717) is 5.56 Å². The van der Waals surface area contributed by atoms with Crippen molar-refractivity contribution in [1.82, 2.24) is 4.90 Å². The number of phenols is 1. The summed E-state index contributed by atoms with van der Waals surface area (Å²) in [4.78, 5) is 51.0. The first-order valence-electron chi connectivity index (χ1n) is 9.64. The van der Waals surface area contributed by atoms with Gasteiger partial charge in [0.05, 0.1) is 11.6 Å². The number of fused-ring (bicyclic) bond motifs is 3. The summed E-state index contributed by atoms with van der Waals surface area (Å²) >= 11 is 6.62. The molecule has 3 aliphatic rings. The predicted octanol–water partition coefficient (Wildman–Crippen LogP) is -0.145. The standard InChI is InChI=1S/C21H21ClN2O7/c1-24(2)14-10-7-9-6-8-4-3-5-11(25)12(8)16(27)20(9,22)19(30)21(10,31)17(28)13(15(14)26)18(23)29/h3-5,9-10,14,25,28,31H,6-7H2,1-2H3,(H2,23,29)/t9-,10-,14-,20?,21+/m0/s1. The van der Waals surface area contributed by atoms with Crippen LogP contribution in [0.3, 0.4) is 0 Å².